The third-order valence-electron chi connectivity index (χ3n) is 2.99. The van der Waals surface area contributed by atoms with Crippen LogP contribution in [0.2, 0.25) is 0 Å². The summed E-state index contributed by atoms with van der Waals surface area (Å²) in [5.74, 6) is -0.387. The van der Waals surface area contributed by atoms with Gasteiger partial charge in [-0.05, 0) is 6.42 Å². The predicted octanol–water partition coefficient (Wildman–Crippen LogP) is -0.0957. The number of esters is 1. The average molecular weight is 258 g/mol. The van der Waals surface area contributed by atoms with Crippen molar-refractivity contribution in [3.8, 4) is 0 Å². The zero-order valence-electron chi connectivity index (χ0n) is 11.1. The van der Waals surface area contributed by atoms with Gasteiger partial charge in [0.25, 0.3) is 0 Å². The number of methoxy groups -OCH3 is 1. The zero-order chi connectivity index (χ0) is 13.5. The summed E-state index contributed by atoms with van der Waals surface area (Å²) in [5.41, 5.74) is 5.81. The number of carbonyl (C=O) groups is 2. The third-order valence-corrected chi connectivity index (χ3v) is 2.99. The number of rotatable bonds is 5. The maximum Gasteiger partial charge on any atom is 0.308 e. The molecule has 1 rings (SSSR count). The van der Waals surface area contributed by atoms with E-state index in [9.17, 15) is 9.59 Å². The van der Waals surface area contributed by atoms with Gasteiger partial charge in [0.15, 0.2) is 0 Å². The molecule has 0 spiro atoms. The van der Waals surface area contributed by atoms with Crippen LogP contribution in [-0.2, 0) is 19.1 Å². The molecule has 0 aromatic carbocycles. The molecular formula is C12H22N2O4. The van der Waals surface area contributed by atoms with Gasteiger partial charge in [0.1, 0.15) is 0 Å². The van der Waals surface area contributed by atoms with E-state index in [1.807, 2.05) is 6.92 Å². The van der Waals surface area contributed by atoms with E-state index in [1.54, 1.807) is 4.90 Å². The summed E-state index contributed by atoms with van der Waals surface area (Å²) in [6.07, 6.45) is 1.44. The Hall–Kier alpha value is -1.14. The quantitative estimate of drug-likeness (QED) is 0.697. The van der Waals surface area contributed by atoms with Gasteiger partial charge in [0.05, 0.1) is 32.3 Å². The van der Waals surface area contributed by atoms with Gasteiger partial charge in [0.2, 0.25) is 5.91 Å². The third kappa shape index (κ3) is 4.27. The van der Waals surface area contributed by atoms with Crippen molar-refractivity contribution in [2.45, 2.75) is 38.3 Å². The standard InChI is InChI=1S/C12H22N2O4/c1-3-4-10(13)12(16)14-5-6-18-9(8-14)7-11(15)17-2/h9-10H,3-8,13H2,1-2H3. The first-order valence-corrected chi connectivity index (χ1v) is 6.31. The lowest BCUT2D eigenvalue weighted by Crippen LogP contribution is -2.51. The molecule has 0 saturated carbocycles. The molecule has 0 aromatic heterocycles. The highest BCUT2D eigenvalue weighted by Gasteiger charge is 2.28. The van der Waals surface area contributed by atoms with Crippen molar-refractivity contribution in [2.75, 3.05) is 26.8 Å². The number of morpholine rings is 1. The molecule has 2 atom stereocenters. The molecule has 2 N–H and O–H groups in total. The Balaban J connectivity index is 2.47. The van der Waals surface area contributed by atoms with E-state index in [2.05, 4.69) is 4.74 Å². The van der Waals surface area contributed by atoms with Crippen LogP contribution in [0.3, 0.4) is 0 Å². The molecular weight excluding hydrogens is 236 g/mol. The molecule has 0 aromatic rings. The minimum atomic E-state index is -0.452. The second-order valence-corrected chi connectivity index (χ2v) is 4.45. The summed E-state index contributed by atoms with van der Waals surface area (Å²) in [6.45, 7) is 3.37. The highest BCUT2D eigenvalue weighted by molar-refractivity contribution is 5.81. The largest absolute Gasteiger partial charge is 0.469 e. The van der Waals surface area contributed by atoms with E-state index < -0.39 is 6.04 Å². The van der Waals surface area contributed by atoms with E-state index in [0.29, 0.717) is 26.1 Å². The molecule has 1 fully saturated rings. The molecule has 1 heterocycles. The normalized spacial score (nSPS) is 21.5. The summed E-state index contributed by atoms with van der Waals surface area (Å²) in [7, 11) is 1.34. The fourth-order valence-corrected chi connectivity index (χ4v) is 1.98. The van der Waals surface area contributed by atoms with Crippen LogP contribution < -0.4 is 5.73 Å². The Labute approximate surface area is 107 Å². The number of nitrogens with zero attached hydrogens (tertiary/aromatic N) is 1. The van der Waals surface area contributed by atoms with E-state index in [4.69, 9.17) is 10.5 Å². The SMILES string of the molecule is CCCC(N)C(=O)N1CCOC(CC(=O)OC)C1. The van der Waals surface area contributed by atoms with Crippen molar-refractivity contribution in [3.63, 3.8) is 0 Å². The van der Waals surface area contributed by atoms with Crippen molar-refractivity contribution in [3.05, 3.63) is 0 Å². The van der Waals surface area contributed by atoms with Crippen molar-refractivity contribution in [1.29, 1.82) is 0 Å². The number of ether oxygens (including phenoxy) is 2. The molecule has 0 radical (unpaired) electrons. The average Bonchev–Trinajstić information content (AvgIpc) is 2.38. The van der Waals surface area contributed by atoms with Gasteiger partial charge < -0.3 is 20.1 Å². The predicted molar refractivity (Wildman–Crippen MR) is 65.8 cm³/mol. The molecule has 18 heavy (non-hydrogen) atoms. The molecule has 2 unspecified atom stereocenters. The first-order valence-electron chi connectivity index (χ1n) is 6.31. The number of hydrogen-bond donors (Lipinski definition) is 1. The Bertz CT molecular complexity index is 296. The van der Waals surface area contributed by atoms with Gasteiger partial charge >= 0.3 is 5.97 Å². The van der Waals surface area contributed by atoms with Gasteiger partial charge in [-0.15, -0.1) is 0 Å². The lowest BCUT2D eigenvalue weighted by Gasteiger charge is -2.34. The van der Waals surface area contributed by atoms with Gasteiger partial charge in [0, 0.05) is 13.1 Å². The zero-order valence-corrected chi connectivity index (χ0v) is 11.1. The lowest BCUT2D eigenvalue weighted by atomic mass is 10.1. The molecule has 1 aliphatic heterocycles. The molecule has 1 saturated heterocycles. The fourth-order valence-electron chi connectivity index (χ4n) is 1.98. The van der Waals surface area contributed by atoms with Crippen LogP contribution in [-0.4, -0.2) is 55.7 Å². The Morgan fingerprint density at radius 1 is 1.56 bits per heavy atom. The number of hydrogen-bond acceptors (Lipinski definition) is 5. The number of amides is 1. The topological polar surface area (TPSA) is 81.9 Å². The summed E-state index contributed by atoms with van der Waals surface area (Å²) >= 11 is 0. The maximum absolute atomic E-state index is 12.0. The first-order chi connectivity index (χ1) is 8.58. The lowest BCUT2D eigenvalue weighted by molar-refractivity contribution is -0.150. The van der Waals surface area contributed by atoms with E-state index in [0.717, 1.165) is 6.42 Å². The second kappa shape index (κ2) is 7.33. The number of carbonyl (C=O) groups excluding carboxylic acids is 2. The molecule has 1 aliphatic rings. The van der Waals surface area contributed by atoms with Gasteiger partial charge in [-0.3, -0.25) is 9.59 Å². The first kappa shape index (κ1) is 14.9. The highest BCUT2D eigenvalue weighted by Crippen LogP contribution is 2.11. The second-order valence-electron chi connectivity index (χ2n) is 4.45. The van der Waals surface area contributed by atoms with Crippen LogP contribution in [0.4, 0.5) is 0 Å². The Kier molecular flexibility index (Phi) is 6.07. The van der Waals surface area contributed by atoms with E-state index in [-0.39, 0.29) is 24.4 Å². The highest BCUT2D eigenvalue weighted by atomic mass is 16.5. The van der Waals surface area contributed by atoms with Crippen molar-refractivity contribution in [2.24, 2.45) is 5.73 Å². The monoisotopic (exact) mass is 258 g/mol. The maximum atomic E-state index is 12.0. The Morgan fingerprint density at radius 3 is 2.89 bits per heavy atom. The summed E-state index contributed by atoms with van der Waals surface area (Å²) < 4.78 is 10.0. The fraction of sp³-hybridized carbons (Fsp3) is 0.833. The molecule has 0 bridgehead atoms. The van der Waals surface area contributed by atoms with Crippen LogP contribution in [0, 0.1) is 0 Å². The smallest absolute Gasteiger partial charge is 0.308 e. The minimum absolute atomic E-state index is 0.0602. The molecule has 6 heteroatoms. The van der Waals surface area contributed by atoms with E-state index >= 15 is 0 Å². The minimum Gasteiger partial charge on any atom is -0.469 e. The van der Waals surface area contributed by atoms with Crippen LogP contribution in [0.5, 0.6) is 0 Å². The molecule has 6 nitrogen and oxygen atoms in total. The summed E-state index contributed by atoms with van der Waals surface area (Å²) in [5, 5.41) is 0. The van der Waals surface area contributed by atoms with Crippen LogP contribution in [0.15, 0.2) is 0 Å². The van der Waals surface area contributed by atoms with E-state index in [1.165, 1.54) is 7.11 Å². The van der Waals surface area contributed by atoms with Gasteiger partial charge in [-0.1, -0.05) is 13.3 Å². The molecule has 0 aliphatic carbocycles. The summed E-state index contributed by atoms with van der Waals surface area (Å²) in [6, 6.07) is -0.452. The summed E-state index contributed by atoms with van der Waals surface area (Å²) in [4.78, 5) is 24.9. The van der Waals surface area contributed by atoms with Gasteiger partial charge in [-0.2, -0.15) is 0 Å². The van der Waals surface area contributed by atoms with Crippen molar-refractivity contribution >= 4 is 11.9 Å². The van der Waals surface area contributed by atoms with Crippen LogP contribution >= 0.6 is 0 Å². The van der Waals surface area contributed by atoms with Gasteiger partial charge in [-0.25, -0.2) is 0 Å². The number of nitrogens with two attached hydrogens (primary N) is 1. The molecule has 104 valence electrons. The molecule has 1 amide bonds. The van der Waals surface area contributed by atoms with Crippen LogP contribution in [0.1, 0.15) is 26.2 Å². The van der Waals surface area contributed by atoms with Crippen LogP contribution in [0.25, 0.3) is 0 Å². The van der Waals surface area contributed by atoms with Crippen molar-refractivity contribution in [1.82, 2.24) is 4.90 Å². The van der Waals surface area contributed by atoms with Crippen molar-refractivity contribution < 1.29 is 19.1 Å². The Morgan fingerprint density at radius 2 is 2.28 bits per heavy atom.